The Bertz CT molecular complexity index is 565. The Hall–Kier alpha value is -2.17. The second-order valence-corrected chi connectivity index (χ2v) is 4.97. The average molecular weight is 286 g/mol. The van der Waals surface area contributed by atoms with E-state index in [1.165, 1.54) is 0 Å². The van der Waals surface area contributed by atoms with Crippen LogP contribution >= 0.6 is 0 Å². The maximum Gasteiger partial charge on any atom is 0.223 e. The molecular weight excluding hydrogens is 264 g/mol. The molecule has 0 radical (unpaired) electrons. The van der Waals surface area contributed by atoms with Crippen LogP contribution in [-0.2, 0) is 24.3 Å². The number of pyridine rings is 1. The van der Waals surface area contributed by atoms with Gasteiger partial charge in [-0.25, -0.2) is 0 Å². The number of rotatable bonds is 7. The normalized spacial score (nSPS) is 10.6. The van der Waals surface area contributed by atoms with Crippen molar-refractivity contribution in [3.05, 3.63) is 48.0 Å². The lowest BCUT2D eigenvalue weighted by molar-refractivity contribution is -0.131. The zero-order valence-corrected chi connectivity index (χ0v) is 12.7. The van der Waals surface area contributed by atoms with Gasteiger partial charge in [-0.2, -0.15) is 5.10 Å². The number of hydrogen-bond acceptors (Lipinski definition) is 3. The van der Waals surface area contributed by atoms with E-state index in [9.17, 15) is 4.79 Å². The van der Waals surface area contributed by atoms with E-state index in [2.05, 4.69) is 10.1 Å². The van der Waals surface area contributed by atoms with Crippen LogP contribution in [0.2, 0.25) is 0 Å². The van der Waals surface area contributed by atoms with Crippen LogP contribution < -0.4 is 0 Å². The fourth-order valence-electron chi connectivity index (χ4n) is 2.22. The topological polar surface area (TPSA) is 51.0 Å². The average Bonchev–Trinajstić information content (AvgIpc) is 2.99. The van der Waals surface area contributed by atoms with Gasteiger partial charge in [0.1, 0.15) is 0 Å². The highest BCUT2D eigenvalue weighted by Gasteiger charge is 2.13. The number of aryl methyl sites for hydroxylation is 2. The van der Waals surface area contributed by atoms with E-state index in [-0.39, 0.29) is 5.91 Å². The van der Waals surface area contributed by atoms with E-state index in [0.29, 0.717) is 19.5 Å². The number of hydrogen-bond donors (Lipinski definition) is 0. The summed E-state index contributed by atoms with van der Waals surface area (Å²) in [5, 5.41) is 4.25. The summed E-state index contributed by atoms with van der Waals surface area (Å²) in [7, 11) is 0. The van der Waals surface area contributed by atoms with Gasteiger partial charge in [0.25, 0.3) is 0 Å². The summed E-state index contributed by atoms with van der Waals surface area (Å²) in [6.45, 7) is 6.25. The first-order valence-corrected chi connectivity index (χ1v) is 7.41. The van der Waals surface area contributed by atoms with Crippen LogP contribution in [0.4, 0.5) is 0 Å². The quantitative estimate of drug-likeness (QED) is 0.784. The molecule has 2 heterocycles. The molecule has 0 N–H and O–H groups in total. The number of amides is 1. The van der Waals surface area contributed by atoms with Crippen LogP contribution in [0.1, 0.15) is 31.4 Å². The van der Waals surface area contributed by atoms with Crippen LogP contribution in [0, 0.1) is 0 Å². The Labute approximate surface area is 125 Å². The van der Waals surface area contributed by atoms with Crippen molar-refractivity contribution in [3.8, 4) is 0 Å². The Morgan fingerprint density at radius 2 is 2.00 bits per heavy atom. The maximum atomic E-state index is 12.3. The Balaban J connectivity index is 1.89. The van der Waals surface area contributed by atoms with Crippen LogP contribution in [0.5, 0.6) is 0 Å². The summed E-state index contributed by atoms with van der Waals surface area (Å²) < 4.78 is 1.88. The smallest absolute Gasteiger partial charge is 0.223 e. The van der Waals surface area contributed by atoms with E-state index in [1.54, 1.807) is 12.4 Å². The molecule has 0 bridgehead atoms. The van der Waals surface area contributed by atoms with Crippen LogP contribution in [0.25, 0.3) is 0 Å². The van der Waals surface area contributed by atoms with Gasteiger partial charge in [-0.15, -0.1) is 0 Å². The van der Waals surface area contributed by atoms with Gasteiger partial charge in [-0.05, 0) is 38.0 Å². The Morgan fingerprint density at radius 3 is 2.62 bits per heavy atom. The third-order valence-electron chi connectivity index (χ3n) is 3.50. The fourth-order valence-corrected chi connectivity index (χ4v) is 2.22. The molecule has 0 saturated heterocycles. The van der Waals surface area contributed by atoms with Crippen molar-refractivity contribution in [2.75, 3.05) is 6.54 Å². The van der Waals surface area contributed by atoms with Gasteiger partial charge < -0.3 is 4.90 Å². The summed E-state index contributed by atoms with van der Waals surface area (Å²) in [6, 6.07) is 3.91. The molecular formula is C16H22N4O. The molecule has 21 heavy (non-hydrogen) atoms. The molecule has 0 fully saturated rings. The van der Waals surface area contributed by atoms with Gasteiger partial charge in [-0.3, -0.25) is 14.5 Å². The van der Waals surface area contributed by atoms with E-state index >= 15 is 0 Å². The van der Waals surface area contributed by atoms with Crippen molar-refractivity contribution < 1.29 is 4.79 Å². The fraction of sp³-hybridized carbons (Fsp3) is 0.438. The molecule has 2 aromatic heterocycles. The minimum atomic E-state index is 0.179. The Morgan fingerprint density at radius 1 is 1.24 bits per heavy atom. The lowest BCUT2D eigenvalue weighted by Gasteiger charge is -2.20. The molecule has 2 aromatic rings. The molecule has 0 atom stereocenters. The second kappa shape index (κ2) is 7.57. The van der Waals surface area contributed by atoms with E-state index in [4.69, 9.17) is 0 Å². The molecule has 0 aliphatic rings. The summed E-state index contributed by atoms with van der Waals surface area (Å²) in [6.07, 6.45) is 8.64. The van der Waals surface area contributed by atoms with E-state index < -0.39 is 0 Å². The molecule has 0 saturated carbocycles. The molecule has 0 aromatic carbocycles. The highest BCUT2D eigenvalue weighted by atomic mass is 16.2. The molecule has 112 valence electrons. The highest BCUT2D eigenvalue weighted by Crippen LogP contribution is 2.08. The summed E-state index contributed by atoms with van der Waals surface area (Å²) in [5.74, 6) is 0.179. The molecule has 0 spiro atoms. The second-order valence-electron chi connectivity index (χ2n) is 4.97. The van der Waals surface area contributed by atoms with Crippen molar-refractivity contribution in [2.45, 2.75) is 39.8 Å². The first-order valence-electron chi connectivity index (χ1n) is 7.41. The van der Waals surface area contributed by atoms with Crippen molar-refractivity contribution in [3.63, 3.8) is 0 Å². The predicted molar refractivity (Wildman–Crippen MR) is 81.6 cm³/mol. The first-order chi connectivity index (χ1) is 10.2. The number of carbonyl (C=O) groups excluding carboxylic acids is 1. The monoisotopic (exact) mass is 286 g/mol. The number of nitrogens with zero attached hydrogens (tertiary/aromatic N) is 4. The largest absolute Gasteiger partial charge is 0.339 e. The minimum absolute atomic E-state index is 0.179. The summed E-state index contributed by atoms with van der Waals surface area (Å²) in [4.78, 5) is 18.2. The molecule has 5 heteroatoms. The van der Waals surface area contributed by atoms with Crippen molar-refractivity contribution >= 4 is 5.91 Å². The molecule has 0 aliphatic heterocycles. The van der Waals surface area contributed by atoms with Crippen molar-refractivity contribution in [1.29, 1.82) is 0 Å². The van der Waals surface area contributed by atoms with Gasteiger partial charge in [0, 0.05) is 50.2 Å². The lowest BCUT2D eigenvalue weighted by atomic mass is 10.1. The van der Waals surface area contributed by atoms with Crippen LogP contribution in [0.15, 0.2) is 36.9 Å². The maximum absolute atomic E-state index is 12.3. The summed E-state index contributed by atoms with van der Waals surface area (Å²) in [5.41, 5.74) is 2.23. The van der Waals surface area contributed by atoms with Gasteiger partial charge in [0.15, 0.2) is 0 Å². The predicted octanol–water partition coefficient (Wildman–Crippen LogP) is 2.28. The van der Waals surface area contributed by atoms with Crippen molar-refractivity contribution in [2.24, 2.45) is 0 Å². The van der Waals surface area contributed by atoms with Gasteiger partial charge in [0.05, 0.1) is 6.20 Å². The van der Waals surface area contributed by atoms with Gasteiger partial charge in [0.2, 0.25) is 5.91 Å². The molecule has 1 amide bonds. The molecule has 5 nitrogen and oxygen atoms in total. The SMILES string of the molecule is CCN(Cc1cnn(CC)c1)C(=O)CCc1ccncc1. The number of carbonyl (C=O) groups is 1. The van der Waals surface area contributed by atoms with E-state index in [0.717, 1.165) is 24.1 Å². The zero-order valence-electron chi connectivity index (χ0n) is 12.7. The third-order valence-corrected chi connectivity index (χ3v) is 3.50. The van der Waals surface area contributed by atoms with Crippen LogP contribution in [0.3, 0.4) is 0 Å². The Kier molecular flexibility index (Phi) is 5.49. The van der Waals surface area contributed by atoms with Gasteiger partial charge in [-0.1, -0.05) is 0 Å². The molecule has 0 unspecified atom stereocenters. The number of aromatic nitrogens is 3. The molecule has 0 aliphatic carbocycles. The van der Waals surface area contributed by atoms with Crippen molar-refractivity contribution in [1.82, 2.24) is 19.7 Å². The highest BCUT2D eigenvalue weighted by molar-refractivity contribution is 5.76. The van der Waals surface area contributed by atoms with E-state index in [1.807, 2.05) is 48.0 Å². The standard InChI is InChI=1S/C16H22N4O/c1-3-19(12-15-11-18-20(4-2)13-15)16(21)6-5-14-7-9-17-10-8-14/h7-11,13H,3-6,12H2,1-2H3. The minimum Gasteiger partial charge on any atom is -0.339 e. The zero-order chi connectivity index (χ0) is 15.1. The van der Waals surface area contributed by atoms with Crippen LogP contribution in [-0.4, -0.2) is 32.1 Å². The van der Waals surface area contributed by atoms with Gasteiger partial charge >= 0.3 is 0 Å². The first kappa shape index (κ1) is 15.2. The lowest BCUT2D eigenvalue weighted by Crippen LogP contribution is -2.30. The molecule has 2 rings (SSSR count). The third kappa shape index (κ3) is 4.41. The summed E-state index contributed by atoms with van der Waals surface area (Å²) >= 11 is 0.